The summed E-state index contributed by atoms with van der Waals surface area (Å²) < 4.78 is 0. The van der Waals surface area contributed by atoms with E-state index in [9.17, 15) is 24.4 Å². The Hall–Kier alpha value is -2.00. The molecule has 0 aromatic carbocycles. The summed E-state index contributed by atoms with van der Waals surface area (Å²) in [6.07, 6.45) is 8.06. The highest BCUT2D eigenvalue weighted by atomic mass is 16.5. The fraction of sp³-hybridized carbons (Fsp3) is 0.826. The van der Waals surface area contributed by atoms with Gasteiger partial charge in [-0.25, -0.2) is 5.48 Å². The summed E-state index contributed by atoms with van der Waals surface area (Å²) in [5.41, 5.74) is 0.711. The molecule has 2 aliphatic rings. The number of likely N-dealkylation sites (N-methyl/N-ethyl adjacent to an activating group) is 1. The lowest BCUT2D eigenvalue weighted by Crippen LogP contribution is -2.56. The molecule has 4 amide bonds. The third-order valence-corrected chi connectivity index (χ3v) is 7.40. The van der Waals surface area contributed by atoms with Crippen LogP contribution in [0.2, 0.25) is 0 Å². The number of carbonyl (C=O) groups is 4. The van der Waals surface area contributed by atoms with Gasteiger partial charge in [0.1, 0.15) is 0 Å². The number of carbonyl (C=O) groups excluding carboxylic acids is 4. The highest BCUT2D eigenvalue weighted by molar-refractivity contribution is 5.94. The van der Waals surface area contributed by atoms with Crippen LogP contribution in [0.25, 0.3) is 0 Å². The number of imide groups is 1. The third kappa shape index (κ3) is 6.28. The quantitative estimate of drug-likeness (QED) is 0.296. The van der Waals surface area contributed by atoms with Crippen LogP contribution in [0, 0.1) is 17.8 Å². The molecule has 2 N–H and O–H groups in total. The van der Waals surface area contributed by atoms with E-state index >= 15 is 0 Å². The van der Waals surface area contributed by atoms with Gasteiger partial charge in [0.05, 0.1) is 17.4 Å². The van der Waals surface area contributed by atoms with Gasteiger partial charge in [0, 0.05) is 19.6 Å². The molecule has 0 unspecified atom stereocenters. The van der Waals surface area contributed by atoms with Gasteiger partial charge >= 0.3 is 0 Å². The molecule has 0 aromatic rings. The molecule has 1 aliphatic carbocycles. The molecule has 0 spiro atoms. The van der Waals surface area contributed by atoms with Crippen LogP contribution in [-0.4, -0.2) is 83.3 Å². The maximum absolute atomic E-state index is 13.6. The number of nitrogens with zero attached hydrogens (tertiary/aromatic N) is 3. The van der Waals surface area contributed by atoms with Crippen LogP contribution < -0.4 is 5.48 Å². The third-order valence-electron chi connectivity index (χ3n) is 7.40. The number of hydroxylamine groups is 1. The number of amides is 4. The number of hydrogen-bond acceptors (Lipinski definition) is 6. The van der Waals surface area contributed by atoms with Crippen molar-refractivity contribution < 1.29 is 24.4 Å². The predicted octanol–water partition coefficient (Wildman–Crippen LogP) is 1.64. The van der Waals surface area contributed by atoms with E-state index in [-0.39, 0.29) is 12.5 Å². The van der Waals surface area contributed by atoms with Gasteiger partial charge in [0.15, 0.2) is 0 Å². The van der Waals surface area contributed by atoms with Gasteiger partial charge in [-0.05, 0) is 59.5 Å². The van der Waals surface area contributed by atoms with Crippen molar-refractivity contribution in [3.8, 4) is 0 Å². The van der Waals surface area contributed by atoms with Gasteiger partial charge < -0.3 is 4.90 Å². The summed E-state index contributed by atoms with van der Waals surface area (Å²) in [7, 11) is 3.48. The van der Waals surface area contributed by atoms with E-state index in [0.717, 1.165) is 49.8 Å². The number of hydrogen-bond donors (Lipinski definition) is 2. The number of likely N-dealkylation sites (tertiary alicyclic amines) is 1. The van der Waals surface area contributed by atoms with Crippen molar-refractivity contribution in [2.45, 2.75) is 70.8 Å². The molecule has 1 saturated carbocycles. The van der Waals surface area contributed by atoms with E-state index in [2.05, 4.69) is 0 Å². The molecule has 0 aromatic heterocycles. The maximum Gasteiger partial charge on any atom is 0.249 e. The second-order valence-electron chi connectivity index (χ2n) is 9.98. The molecule has 1 heterocycles. The second kappa shape index (κ2) is 11.7. The molecule has 9 heteroatoms. The fourth-order valence-corrected chi connectivity index (χ4v) is 4.80. The minimum absolute atomic E-state index is 0.115. The van der Waals surface area contributed by atoms with E-state index in [1.54, 1.807) is 43.2 Å². The molecule has 182 valence electrons. The van der Waals surface area contributed by atoms with Crippen LogP contribution >= 0.6 is 0 Å². The number of rotatable bonds is 10. The van der Waals surface area contributed by atoms with E-state index < -0.39 is 29.2 Å². The van der Waals surface area contributed by atoms with Gasteiger partial charge in [-0.1, -0.05) is 25.7 Å². The van der Waals surface area contributed by atoms with Crippen LogP contribution in [-0.2, 0) is 19.2 Å². The first-order chi connectivity index (χ1) is 15.1. The van der Waals surface area contributed by atoms with E-state index in [0.29, 0.717) is 31.8 Å². The number of nitrogens with one attached hydrogen (secondary N) is 1. The lowest BCUT2D eigenvalue weighted by atomic mass is 9.81. The number of piperidine rings is 1. The van der Waals surface area contributed by atoms with Crippen LogP contribution in [0.3, 0.4) is 0 Å². The van der Waals surface area contributed by atoms with Crippen LogP contribution in [0.15, 0.2) is 0 Å². The Balaban J connectivity index is 2.33. The van der Waals surface area contributed by atoms with Crippen LogP contribution in [0.4, 0.5) is 0 Å². The lowest BCUT2D eigenvalue weighted by Gasteiger charge is -2.37. The zero-order chi connectivity index (χ0) is 23.9. The average Bonchev–Trinajstić information content (AvgIpc) is 3.31. The molecule has 0 radical (unpaired) electrons. The average molecular weight is 453 g/mol. The Morgan fingerprint density at radius 2 is 1.66 bits per heavy atom. The van der Waals surface area contributed by atoms with Crippen molar-refractivity contribution in [1.82, 2.24) is 20.2 Å². The van der Waals surface area contributed by atoms with Crippen molar-refractivity contribution >= 4 is 24.1 Å². The Morgan fingerprint density at radius 3 is 2.16 bits per heavy atom. The standard InChI is InChI=1S/C23H40N4O5/c1-23(2,25(3)4)22(31)27(16-28)15-19(20(29)24-32)18(14-17-10-6-7-11-17)21(30)26-12-8-5-9-13-26/h16-19,32H,5-15H2,1-4H3,(H,24,29)/t18-,19+/m1/s1. The predicted molar refractivity (Wildman–Crippen MR) is 119 cm³/mol. The van der Waals surface area contributed by atoms with Gasteiger partial charge in [-0.15, -0.1) is 0 Å². The first-order valence-corrected chi connectivity index (χ1v) is 11.8. The van der Waals surface area contributed by atoms with E-state index in [1.807, 2.05) is 0 Å². The van der Waals surface area contributed by atoms with Gasteiger partial charge in [0.25, 0.3) is 0 Å². The van der Waals surface area contributed by atoms with Gasteiger partial charge in [0.2, 0.25) is 24.1 Å². The van der Waals surface area contributed by atoms with Crippen molar-refractivity contribution in [1.29, 1.82) is 0 Å². The van der Waals surface area contributed by atoms with E-state index in [1.165, 1.54) is 0 Å². The smallest absolute Gasteiger partial charge is 0.249 e. The Kier molecular flexibility index (Phi) is 9.64. The molecule has 2 atom stereocenters. The minimum Gasteiger partial charge on any atom is -0.342 e. The molecular weight excluding hydrogens is 412 g/mol. The Labute approximate surface area is 191 Å². The summed E-state index contributed by atoms with van der Waals surface area (Å²) >= 11 is 0. The zero-order valence-electron chi connectivity index (χ0n) is 20.0. The Morgan fingerprint density at radius 1 is 1.06 bits per heavy atom. The molecule has 2 fully saturated rings. The lowest BCUT2D eigenvalue weighted by molar-refractivity contribution is -0.153. The zero-order valence-corrected chi connectivity index (χ0v) is 20.0. The first kappa shape index (κ1) is 26.3. The highest BCUT2D eigenvalue weighted by Crippen LogP contribution is 2.35. The molecule has 9 nitrogen and oxygen atoms in total. The van der Waals surface area contributed by atoms with Crippen LogP contribution in [0.5, 0.6) is 0 Å². The fourth-order valence-electron chi connectivity index (χ4n) is 4.80. The first-order valence-electron chi connectivity index (χ1n) is 11.8. The van der Waals surface area contributed by atoms with Gasteiger partial charge in [-0.3, -0.25) is 34.2 Å². The summed E-state index contributed by atoms with van der Waals surface area (Å²) in [5.74, 6) is -2.70. The van der Waals surface area contributed by atoms with Crippen molar-refractivity contribution in [3.05, 3.63) is 0 Å². The monoisotopic (exact) mass is 452 g/mol. The topological polar surface area (TPSA) is 110 Å². The van der Waals surface area contributed by atoms with Crippen LogP contribution in [0.1, 0.15) is 65.2 Å². The molecule has 1 saturated heterocycles. The largest absolute Gasteiger partial charge is 0.342 e. The summed E-state index contributed by atoms with van der Waals surface area (Å²) in [6.45, 7) is 4.45. The summed E-state index contributed by atoms with van der Waals surface area (Å²) in [6, 6.07) is 0. The maximum atomic E-state index is 13.6. The molecular formula is C23H40N4O5. The normalized spacial score (nSPS) is 19.5. The molecule has 0 bridgehead atoms. The second-order valence-corrected chi connectivity index (χ2v) is 9.98. The Bertz CT molecular complexity index is 669. The van der Waals surface area contributed by atoms with Gasteiger partial charge in [-0.2, -0.15) is 0 Å². The SMILES string of the molecule is CN(C)C(C)(C)C(=O)N(C=O)C[C@H](C(=O)NO)[C@@H](CC1CCCC1)C(=O)N1CCCCC1. The highest BCUT2D eigenvalue weighted by Gasteiger charge is 2.42. The van der Waals surface area contributed by atoms with Crippen molar-refractivity contribution in [3.63, 3.8) is 0 Å². The summed E-state index contributed by atoms with van der Waals surface area (Å²) in [5, 5.41) is 9.45. The minimum atomic E-state index is -1.01. The molecule has 2 rings (SSSR count). The molecule has 1 aliphatic heterocycles. The molecule has 32 heavy (non-hydrogen) atoms. The van der Waals surface area contributed by atoms with Crippen molar-refractivity contribution in [2.75, 3.05) is 33.7 Å². The van der Waals surface area contributed by atoms with E-state index in [4.69, 9.17) is 0 Å². The summed E-state index contributed by atoms with van der Waals surface area (Å²) in [4.78, 5) is 55.8. The van der Waals surface area contributed by atoms with Crippen molar-refractivity contribution in [2.24, 2.45) is 17.8 Å².